The van der Waals surface area contributed by atoms with Gasteiger partial charge < -0.3 is 15.4 Å². The van der Waals surface area contributed by atoms with E-state index in [2.05, 4.69) is 0 Å². The molecule has 0 aromatic carbocycles. The van der Waals surface area contributed by atoms with Crippen LogP contribution in [0, 0.1) is 0 Å². The highest BCUT2D eigenvalue weighted by molar-refractivity contribution is 7.12. The Kier molecular flexibility index (Phi) is 6.40. The summed E-state index contributed by atoms with van der Waals surface area (Å²) in [6, 6.07) is 1.79. The van der Waals surface area contributed by atoms with Crippen molar-refractivity contribution in [2.24, 2.45) is 5.73 Å². The van der Waals surface area contributed by atoms with E-state index < -0.39 is 0 Å². The minimum Gasteiger partial charge on any atom is -0.496 e. The molecule has 0 aliphatic carbocycles. The topological polar surface area (TPSA) is 55.6 Å². The molecule has 0 aliphatic rings. The normalized spacial score (nSPS) is 11.5. The number of halogens is 1. The van der Waals surface area contributed by atoms with E-state index in [0.29, 0.717) is 11.4 Å². The number of nitrogens with zero attached hydrogens (tertiary/aromatic N) is 1. The molecule has 0 bridgehead atoms. The molecule has 2 N–H and O–H groups in total. The van der Waals surface area contributed by atoms with Gasteiger partial charge in [0.25, 0.3) is 5.91 Å². The van der Waals surface area contributed by atoms with Gasteiger partial charge in [-0.05, 0) is 6.92 Å². The number of thiophene rings is 1. The quantitative estimate of drug-likeness (QED) is 0.899. The Morgan fingerprint density at radius 2 is 2.31 bits per heavy atom. The van der Waals surface area contributed by atoms with Crippen LogP contribution in [0.3, 0.4) is 0 Å². The van der Waals surface area contributed by atoms with Crippen molar-refractivity contribution < 1.29 is 9.53 Å². The number of methoxy groups -OCH3 is 1. The zero-order valence-corrected chi connectivity index (χ0v) is 11.2. The monoisotopic (exact) mass is 264 g/mol. The molecule has 1 unspecified atom stereocenters. The van der Waals surface area contributed by atoms with Crippen LogP contribution in [0.15, 0.2) is 11.4 Å². The lowest BCUT2D eigenvalue weighted by molar-refractivity contribution is 0.0753. The molecule has 4 nitrogen and oxygen atoms in total. The lowest BCUT2D eigenvalue weighted by Crippen LogP contribution is -2.39. The van der Waals surface area contributed by atoms with Gasteiger partial charge in [-0.3, -0.25) is 4.79 Å². The summed E-state index contributed by atoms with van der Waals surface area (Å²) >= 11 is 1.38. The molecule has 1 aromatic heterocycles. The average Bonchev–Trinajstić information content (AvgIpc) is 2.74. The van der Waals surface area contributed by atoms with Crippen LogP contribution in [0.1, 0.15) is 16.6 Å². The van der Waals surface area contributed by atoms with Crippen molar-refractivity contribution in [1.29, 1.82) is 0 Å². The Balaban J connectivity index is 0.00000225. The van der Waals surface area contributed by atoms with Crippen LogP contribution in [0.25, 0.3) is 0 Å². The molecule has 1 amide bonds. The Labute approximate surface area is 106 Å². The summed E-state index contributed by atoms with van der Waals surface area (Å²) in [5.41, 5.74) is 5.51. The molecular weight excluding hydrogens is 248 g/mol. The molecule has 1 aromatic rings. The van der Waals surface area contributed by atoms with Crippen LogP contribution < -0.4 is 10.5 Å². The summed E-state index contributed by atoms with van der Waals surface area (Å²) < 4.78 is 5.03. The van der Waals surface area contributed by atoms with Crippen LogP contribution >= 0.6 is 23.7 Å². The number of likely N-dealkylation sites (N-methyl/N-ethyl adjacent to an activating group) is 1. The molecule has 0 spiro atoms. The Hall–Kier alpha value is -0.780. The van der Waals surface area contributed by atoms with Crippen molar-refractivity contribution in [3.63, 3.8) is 0 Å². The molecule has 0 aliphatic heterocycles. The van der Waals surface area contributed by atoms with Gasteiger partial charge in [0, 0.05) is 31.1 Å². The van der Waals surface area contributed by atoms with Gasteiger partial charge in [-0.25, -0.2) is 0 Å². The van der Waals surface area contributed by atoms with Gasteiger partial charge in [0.2, 0.25) is 0 Å². The highest BCUT2D eigenvalue weighted by Gasteiger charge is 2.18. The van der Waals surface area contributed by atoms with E-state index in [-0.39, 0.29) is 24.4 Å². The van der Waals surface area contributed by atoms with E-state index in [0.717, 1.165) is 5.75 Å². The molecule has 16 heavy (non-hydrogen) atoms. The summed E-state index contributed by atoms with van der Waals surface area (Å²) in [5, 5.41) is 1.81. The second-order valence-electron chi connectivity index (χ2n) is 3.35. The van der Waals surface area contributed by atoms with Gasteiger partial charge in [0.1, 0.15) is 5.75 Å². The van der Waals surface area contributed by atoms with E-state index in [1.807, 2.05) is 12.3 Å². The first-order chi connectivity index (χ1) is 7.10. The Bertz CT molecular complexity index is 343. The molecule has 92 valence electrons. The van der Waals surface area contributed by atoms with E-state index in [4.69, 9.17) is 10.5 Å². The summed E-state index contributed by atoms with van der Waals surface area (Å²) in [6.45, 7) is 2.38. The first-order valence-electron chi connectivity index (χ1n) is 4.70. The molecule has 1 heterocycles. The second kappa shape index (κ2) is 6.73. The Morgan fingerprint density at radius 1 is 1.69 bits per heavy atom. The van der Waals surface area contributed by atoms with Gasteiger partial charge in [0.05, 0.1) is 12.0 Å². The number of hydrogen-bond donors (Lipinski definition) is 1. The Morgan fingerprint density at radius 3 is 2.75 bits per heavy atom. The number of rotatable bonds is 4. The molecule has 0 fully saturated rings. The molecule has 1 rings (SSSR count). The third kappa shape index (κ3) is 3.37. The first kappa shape index (κ1) is 15.2. The van der Waals surface area contributed by atoms with Crippen molar-refractivity contribution in [3.05, 3.63) is 16.3 Å². The summed E-state index contributed by atoms with van der Waals surface area (Å²) in [5.74, 6) is 0.707. The zero-order valence-electron chi connectivity index (χ0n) is 9.60. The standard InChI is InChI=1S/C10H16N2O2S.ClH/c1-7(5-11)12(2)10(13)9-4-8(14-3)6-15-9;/h4,6-7H,5,11H2,1-3H3;1H. The fraction of sp³-hybridized carbons (Fsp3) is 0.500. The SMILES string of the molecule is COc1csc(C(=O)N(C)C(C)CN)c1.Cl. The fourth-order valence-electron chi connectivity index (χ4n) is 1.07. The van der Waals surface area contributed by atoms with Crippen molar-refractivity contribution in [2.75, 3.05) is 20.7 Å². The van der Waals surface area contributed by atoms with Gasteiger partial charge in [-0.15, -0.1) is 23.7 Å². The summed E-state index contributed by atoms with van der Waals surface area (Å²) in [6.07, 6.45) is 0. The van der Waals surface area contributed by atoms with Crippen molar-refractivity contribution in [2.45, 2.75) is 13.0 Å². The van der Waals surface area contributed by atoms with Gasteiger partial charge >= 0.3 is 0 Å². The van der Waals surface area contributed by atoms with Gasteiger partial charge in [-0.2, -0.15) is 0 Å². The minimum atomic E-state index is -0.0127. The molecular formula is C10H17ClN2O2S. The van der Waals surface area contributed by atoms with Crippen LogP contribution in [-0.2, 0) is 0 Å². The number of ether oxygens (including phenoxy) is 1. The maximum absolute atomic E-state index is 11.9. The van der Waals surface area contributed by atoms with Crippen LogP contribution in [0.4, 0.5) is 0 Å². The molecule has 0 saturated heterocycles. The lowest BCUT2D eigenvalue weighted by Gasteiger charge is -2.22. The second-order valence-corrected chi connectivity index (χ2v) is 4.26. The van der Waals surface area contributed by atoms with Crippen molar-refractivity contribution >= 4 is 29.7 Å². The first-order valence-corrected chi connectivity index (χ1v) is 5.57. The highest BCUT2D eigenvalue weighted by atomic mass is 35.5. The third-order valence-electron chi connectivity index (χ3n) is 2.34. The van der Waals surface area contributed by atoms with Crippen molar-refractivity contribution in [3.8, 4) is 5.75 Å². The molecule has 0 radical (unpaired) electrons. The molecule has 1 atom stereocenters. The lowest BCUT2D eigenvalue weighted by atomic mass is 10.3. The predicted molar refractivity (Wildman–Crippen MR) is 68.7 cm³/mol. The van der Waals surface area contributed by atoms with Crippen LogP contribution in [0.5, 0.6) is 5.75 Å². The van der Waals surface area contributed by atoms with E-state index >= 15 is 0 Å². The van der Waals surface area contributed by atoms with Crippen LogP contribution in [-0.4, -0.2) is 37.6 Å². The van der Waals surface area contributed by atoms with E-state index in [9.17, 15) is 4.79 Å². The maximum Gasteiger partial charge on any atom is 0.264 e. The molecule has 0 saturated carbocycles. The maximum atomic E-state index is 11.9. The number of carbonyl (C=O) groups is 1. The van der Waals surface area contributed by atoms with E-state index in [1.54, 1.807) is 25.1 Å². The molecule has 6 heteroatoms. The smallest absolute Gasteiger partial charge is 0.264 e. The predicted octanol–water partition coefficient (Wildman–Crippen LogP) is 1.60. The summed E-state index contributed by atoms with van der Waals surface area (Å²) in [4.78, 5) is 14.2. The van der Waals surface area contributed by atoms with Gasteiger partial charge in [0.15, 0.2) is 0 Å². The van der Waals surface area contributed by atoms with Crippen molar-refractivity contribution in [1.82, 2.24) is 4.90 Å². The number of amides is 1. The minimum absolute atomic E-state index is 0. The number of carbonyl (C=O) groups excluding carboxylic acids is 1. The fourth-order valence-corrected chi connectivity index (χ4v) is 1.91. The summed E-state index contributed by atoms with van der Waals surface area (Å²) in [7, 11) is 3.34. The number of nitrogens with two attached hydrogens (primary N) is 1. The zero-order chi connectivity index (χ0) is 11.4. The average molecular weight is 265 g/mol. The highest BCUT2D eigenvalue weighted by Crippen LogP contribution is 2.22. The third-order valence-corrected chi connectivity index (χ3v) is 3.24. The number of hydrogen-bond acceptors (Lipinski definition) is 4. The van der Waals surface area contributed by atoms with Crippen LogP contribution in [0.2, 0.25) is 0 Å². The van der Waals surface area contributed by atoms with Gasteiger partial charge in [-0.1, -0.05) is 0 Å². The van der Waals surface area contributed by atoms with E-state index in [1.165, 1.54) is 11.3 Å². The largest absolute Gasteiger partial charge is 0.496 e.